The highest BCUT2D eigenvalue weighted by molar-refractivity contribution is 14.1. The average Bonchev–Trinajstić information content (AvgIpc) is 3.00. The number of hydrogen-bond donors (Lipinski definition) is 4. The van der Waals surface area contributed by atoms with Gasteiger partial charge < -0.3 is 5.32 Å². The molecule has 7 nitrogen and oxygen atoms in total. The Morgan fingerprint density at radius 3 is 2.96 bits per heavy atom. The van der Waals surface area contributed by atoms with Crippen molar-refractivity contribution < 1.29 is 19.3 Å². The molecule has 0 atom stereocenters. The van der Waals surface area contributed by atoms with Gasteiger partial charge in [-0.1, -0.05) is 0 Å². The minimum Gasteiger partial charge on any atom is -0.351 e. The Kier molecular flexibility index (Phi) is 4.24. The van der Waals surface area contributed by atoms with Gasteiger partial charge in [-0.15, -0.1) is 4.94 Å². The number of halogens is 2. The smallest absolute Gasteiger partial charge is 0.277 e. The molecule has 1 aromatic rings. The van der Waals surface area contributed by atoms with Crippen molar-refractivity contribution in [1.29, 1.82) is 0 Å². The maximum Gasteiger partial charge on any atom is 0.277 e. The Labute approximate surface area is 144 Å². The first-order valence-corrected chi connectivity index (χ1v) is 7.61. The van der Waals surface area contributed by atoms with Gasteiger partial charge in [-0.2, -0.15) is 9.45 Å². The van der Waals surface area contributed by atoms with Crippen LogP contribution in [0.25, 0.3) is 0 Å². The third-order valence-corrected chi connectivity index (χ3v) is 4.00. The Morgan fingerprint density at radius 1 is 1.48 bits per heavy atom. The van der Waals surface area contributed by atoms with Gasteiger partial charge in [-0.3, -0.25) is 10.0 Å². The first kappa shape index (κ1) is 15.8. The highest BCUT2D eigenvalue weighted by atomic mass is 127. The number of aryl methyl sites for hydroxylation is 1. The number of nitrogens with zero attached hydrogens (tertiary/aromatic N) is 1. The van der Waals surface area contributed by atoms with Crippen molar-refractivity contribution in [3.05, 3.63) is 62.5 Å². The van der Waals surface area contributed by atoms with Crippen molar-refractivity contribution in [2.45, 2.75) is 6.92 Å². The molecular formula is C14H12FIN4O3. The number of amides is 1. The SMILES string of the molecule is Cc1cc(I)ccc1NC1=C(F)N2ONC=C2C=C1C(=O)NO. The molecule has 2 heterocycles. The molecule has 4 N–H and O–H groups in total. The fourth-order valence-corrected chi connectivity index (χ4v) is 2.84. The normalized spacial score (nSPS) is 16.4. The zero-order valence-corrected chi connectivity index (χ0v) is 14.0. The monoisotopic (exact) mass is 430 g/mol. The molecule has 1 amide bonds. The van der Waals surface area contributed by atoms with Gasteiger partial charge in [0.15, 0.2) is 0 Å². The minimum absolute atomic E-state index is 0.0576. The predicted molar refractivity (Wildman–Crippen MR) is 87.8 cm³/mol. The van der Waals surface area contributed by atoms with E-state index in [1.54, 1.807) is 6.07 Å². The summed E-state index contributed by atoms with van der Waals surface area (Å²) in [7, 11) is 0. The summed E-state index contributed by atoms with van der Waals surface area (Å²) in [6, 6.07) is 5.55. The maximum atomic E-state index is 14.7. The highest BCUT2D eigenvalue weighted by Crippen LogP contribution is 2.33. The number of hydrogen-bond acceptors (Lipinski definition) is 6. The lowest BCUT2D eigenvalue weighted by Gasteiger charge is -2.25. The van der Waals surface area contributed by atoms with Crippen molar-refractivity contribution in [3.63, 3.8) is 0 Å². The molecule has 0 spiro atoms. The summed E-state index contributed by atoms with van der Waals surface area (Å²) in [6.07, 6.45) is 2.77. The number of fused-ring (bicyclic) bond motifs is 1. The van der Waals surface area contributed by atoms with E-state index in [0.29, 0.717) is 11.4 Å². The third kappa shape index (κ3) is 2.90. The van der Waals surface area contributed by atoms with Crippen molar-refractivity contribution in [3.8, 4) is 0 Å². The van der Waals surface area contributed by atoms with Crippen LogP contribution in [-0.2, 0) is 9.73 Å². The largest absolute Gasteiger partial charge is 0.351 e. The highest BCUT2D eigenvalue weighted by Gasteiger charge is 2.33. The summed E-state index contributed by atoms with van der Waals surface area (Å²) >= 11 is 2.17. The standard InChI is InChI=1S/C14H12FIN4O3/c1-7-4-8(16)2-3-11(7)18-12-10(14(21)19-22)5-9-6-17-23-20(9)13(12)15/h2-6,17-18,22H,1H3,(H,19,21). The zero-order chi connectivity index (χ0) is 16.6. The summed E-state index contributed by atoms with van der Waals surface area (Å²) in [5.41, 5.74) is 5.55. The zero-order valence-electron chi connectivity index (χ0n) is 11.9. The Morgan fingerprint density at radius 2 is 2.26 bits per heavy atom. The van der Waals surface area contributed by atoms with E-state index in [0.717, 1.165) is 14.2 Å². The first-order chi connectivity index (χ1) is 11.0. The lowest BCUT2D eigenvalue weighted by Crippen LogP contribution is -2.31. The second kappa shape index (κ2) is 6.18. The van der Waals surface area contributed by atoms with Crippen LogP contribution in [0.4, 0.5) is 10.1 Å². The molecule has 0 bridgehead atoms. The predicted octanol–water partition coefficient (Wildman–Crippen LogP) is 2.19. The van der Waals surface area contributed by atoms with Gasteiger partial charge in [0.1, 0.15) is 5.70 Å². The molecule has 0 unspecified atom stereocenters. The molecule has 0 saturated carbocycles. The number of allylic oxidation sites excluding steroid dienone is 1. The second-order valence-electron chi connectivity index (χ2n) is 4.82. The van der Waals surface area contributed by atoms with E-state index >= 15 is 0 Å². The Bertz CT molecular complexity index is 775. The van der Waals surface area contributed by atoms with Crippen LogP contribution in [0.15, 0.2) is 53.4 Å². The molecule has 2 aliphatic heterocycles. The lowest BCUT2D eigenvalue weighted by atomic mass is 10.1. The van der Waals surface area contributed by atoms with E-state index in [2.05, 4.69) is 33.4 Å². The summed E-state index contributed by atoms with van der Waals surface area (Å²) in [6.45, 7) is 1.86. The number of anilines is 1. The van der Waals surface area contributed by atoms with Gasteiger partial charge in [-0.25, -0.2) is 11.0 Å². The van der Waals surface area contributed by atoms with Gasteiger partial charge in [0.05, 0.1) is 17.5 Å². The van der Waals surface area contributed by atoms with Crippen LogP contribution >= 0.6 is 22.6 Å². The molecule has 1 aromatic carbocycles. The van der Waals surface area contributed by atoms with Crippen LogP contribution in [0.5, 0.6) is 0 Å². The van der Waals surface area contributed by atoms with Crippen LogP contribution < -0.4 is 16.3 Å². The summed E-state index contributed by atoms with van der Waals surface area (Å²) in [5, 5.41) is 12.7. The number of rotatable bonds is 3. The molecule has 0 aromatic heterocycles. The number of benzene rings is 1. The van der Waals surface area contributed by atoms with E-state index in [1.165, 1.54) is 17.8 Å². The molecular weight excluding hydrogens is 418 g/mol. The molecule has 23 heavy (non-hydrogen) atoms. The molecule has 120 valence electrons. The van der Waals surface area contributed by atoms with Crippen LogP contribution in [0.3, 0.4) is 0 Å². The molecule has 2 aliphatic rings. The van der Waals surface area contributed by atoms with Gasteiger partial charge in [-0.05, 0) is 59.4 Å². The summed E-state index contributed by atoms with van der Waals surface area (Å²) in [5.74, 6) is -1.64. The average molecular weight is 430 g/mol. The van der Waals surface area contributed by atoms with Crippen LogP contribution in [0.2, 0.25) is 0 Å². The molecule has 3 rings (SSSR count). The molecule has 0 fully saturated rings. The molecule has 0 aliphatic carbocycles. The molecule has 9 heteroatoms. The van der Waals surface area contributed by atoms with E-state index < -0.39 is 11.9 Å². The van der Waals surface area contributed by atoms with Crippen LogP contribution in [-0.4, -0.2) is 16.2 Å². The third-order valence-electron chi connectivity index (χ3n) is 3.33. The first-order valence-electron chi connectivity index (χ1n) is 6.53. The fraction of sp³-hybridized carbons (Fsp3) is 0.0714. The topological polar surface area (TPSA) is 85.9 Å². The number of hydroxylamine groups is 4. The van der Waals surface area contributed by atoms with Gasteiger partial charge in [0.25, 0.3) is 5.91 Å². The molecule has 0 radical (unpaired) electrons. The minimum atomic E-state index is -0.835. The number of carbonyl (C=O) groups is 1. The van der Waals surface area contributed by atoms with Crippen molar-refractivity contribution in [2.75, 3.05) is 5.32 Å². The lowest BCUT2D eigenvalue weighted by molar-refractivity contribution is -0.139. The quantitative estimate of drug-likeness (QED) is 0.255. The van der Waals surface area contributed by atoms with Crippen molar-refractivity contribution in [1.82, 2.24) is 16.0 Å². The van der Waals surface area contributed by atoms with Crippen LogP contribution in [0.1, 0.15) is 5.56 Å². The van der Waals surface area contributed by atoms with Crippen LogP contribution in [0, 0.1) is 10.5 Å². The van der Waals surface area contributed by atoms with Crippen molar-refractivity contribution in [2.24, 2.45) is 0 Å². The van der Waals surface area contributed by atoms with Gasteiger partial charge >= 0.3 is 0 Å². The Balaban J connectivity index is 2.03. The van der Waals surface area contributed by atoms with Gasteiger partial charge in [0, 0.05) is 9.26 Å². The van der Waals surface area contributed by atoms with Crippen molar-refractivity contribution >= 4 is 34.2 Å². The fourth-order valence-electron chi connectivity index (χ4n) is 2.20. The number of carbonyl (C=O) groups excluding carboxylic acids is 1. The maximum absolute atomic E-state index is 14.7. The molecule has 0 saturated heterocycles. The summed E-state index contributed by atoms with van der Waals surface area (Å²) < 4.78 is 15.7. The van der Waals surface area contributed by atoms with E-state index in [9.17, 15) is 9.18 Å². The van der Waals surface area contributed by atoms with E-state index in [4.69, 9.17) is 10.1 Å². The summed E-state index contributed by atoms with van der Waals surface area (Å²) in [4.78, 5) is 16.8. The van der Waals surface area contributed by atoms with E-state index in [1.807, 2.05) is 19.1 Å². The Hall–Kier alpha value is -2.11. The van der Waals surface area contributed by atoms with Gasteiger partial charge in [0.2, 0.25) is 5.95 Å². The number of nitrogens with one attached hydrogen (secondary N) is 3. The van der Waals surface area contributed by atoms with E-state index in [-0.39, 0.29) is 11.3 Å². The second-order valence-corrected chi connectivity index (χ2v) is 6.07.